The number of benzene rings is 2. The summed E-state index contributed by atoms with van der Waals surface area (Å²) in [4.78, 5) is 19.3. The summed E-state index contributed by atoms with van der Waals surface area (Å²) < 4.78 is 26.9. The number of ether oxygens (including phenoxy) is 2. The molecule has 3 heterocycles. The molecule has 4 aromatic rings. The van der Waals surface area contributed by atoms with Gasteiger partial charge in [0.05, 0.1) is 24.9 Å². The number of halogens is 1. The standard InChI is InChI=1S/C26H26FN3O3/c1-18-12-19(14-20(27)13-18)17-30-24-5-3-2-4-21(24)22-15-23(28-16-25(22)30)26(31)33-11-8-29-6-9-32-10-7-29/h2-5,12-16H,6-11,17H2,1H3. The Morgan fingerprint density at radius 1 is 1.09 bits per heavy atom. The molecule has 0 atom stereocenters. The van der Waals surface area contributed by atoms with Crippen LogP contribution >= 0.6 is 0 Å². The number of morpholine rings is 1. The molecule has 0 unspecified atom stereocenters. The second-order valence-corrected chi connectivity index (χ2v) is 8.42. The number of rotatable bonds is 6. The summed E-state index contributed by atoms with van der Waals surface area (Å²) in [7, 11) is 0. The maximum atomic E-state index is 14.0. The van der Waals surface area contributed by atoms with Crippen molar-refractivity contribution in [3.63, 3.8) is 0 Å². The minimum atomic E-state index is -0.428. The van der Waals surface area contributed by atoms with Gasteiger partial charge in [-0.1, -0.05) is 24.3 Å². The first kappa shape index (κ1) is 21.6. The van der Waals surface area contributed by atoms with Crippen molar-refractivity contribution in [2.24, 2.45) is 0 Å². The number of aromatic nitrogens is 2. The Hall–Kier alpha value is -3.29. The second kappa shape index (κ2) is 9.29. The number of pyridine rings is 1. The van der Waals surface area contributed by atoms with Gasteiger partial charge in [0.15, 0.2) is 0 Å². The van der Waals surface area contributed by atoms with E-state index >= 15 is 0 Å². The molecule has 1 aliphatic heterocycles. The van der Waals surface area contributed by atoms with Crippen molar-refractivity contribution < 1.29 is 18.7 Å². The van der Waals surface area contributed by atoms with Crippen molar-refractivity contribution in [3.8, 4) is 0 Å². The lowest BCUT2D eigenvalue weighted by molar-refractivity contribution is 0.0193. The minimum Gasteiger partial charge on any atom is -0.460 e. The van der Waals surface area contributed by atoms with E-state index in [1.807, 2.05) is 37.3 Å². The quantitative estimate of drug-likeness (QED) is 0.415. The van der Waals surface area contributed by atoms with Crippen molar-refractivity contribution in [2.75, 3.05) is 39.5 Å². The van der Waals surface area contributed by atoms with Crippen LogP contribution in [0.25, 0.3) is 21.8 Å². The first-order valence-corrected chi connectivity index (χ1v) is 11.2. The summed E-state index contributed by atoms with van der Waals surface area (Å²) in [5.74, 6) is -0.672. The molecule has 7 heteroatoms. The van der Waals surface area contributed by atoms with E-state index in [9.17, 15) is 9.18 Å². The molecule has 0 spiro atoms. The molecular formula is C26H26FN3O3. The average Bonchev–Trinajstić information content (AvgIpc) is 3.12. The largest absolute Gasteiger partial charge is 0.460 e. The van der Waals surface area contributed by atoms with Gasteiger partial charge in [0.25, 0.3) is 0 Å². The highest BCUT2D eigenvalue weighted by molar-refractivity contribution is 6.09. The molecule has 6 nitrogen and oxygen atoms in total. The molecule has 5 rings (SSSR count). The fourth-order valence-corrected chi connectivity index (χ4v) is 4.48. The van der Waals surface area contributed by atoms with Crippen molar-refractivity contribution >= 4 is 27.8 Å². The summed E-state index contributed by atoms with van der Waals surface area (Å²) in [6, 6.07) is 14.9. The zero-order chi connectivity index (χ0) is 22.8. The number of para-hydroxylation sites is 1. The Balaban J connectivity index is 1.42. The van der Waals surface area contributed by atoms with Crippen LogP contribution in [0.4, 0.5) is 4.39 Å². The lowest BCUT2D eigenvalue weighted by atomic mass is 10.1. The van der Waals surface area contributed by atoms with Gasteiger partial charge >= 0.3 is 5.97 Å². The highest BCUT2D eigenvalue weighted by Gasteiger charge is 2.17. The van der Waals surface area contributed by atoms with E-state index in [-0.39, 0.29) is 11.5 Å². The second-order valence-electron chi connectivity index (χ2n) is 8.42. The van der Waals surface area contributed by atoms with Gasteiger partial charge in [-0.05, 0) is 42.3 Å². The highest BCUT2D eigenvalue weighted by atomic mass is 19.1. The number of nitrogens with zero attached hydrogens (tertiary/aromatic N) is 3. The molecule has 1 fully saturated rings. The number of carbonyl (C=O) groups excluding carboxylic acids is 1. The molecule has 0 saturated carbocycles. The molecule has 0 amide bonds. The number of carbonyl (C=O) groups is 1. The Kier molecular flexibility index (Phi) is 6.07. The minimum absolute atomic E-state index is 0.244. The van der Waals surface area contributed by atoms with Crippen LogP contribution < -0.4 is 0 Å². The lowest BCUT2D eigenvalue weighted by Crippen LogP contribution is -2.38. The average molecular weight is 448 g/mol. The van der Waals surface area contributed by atoms with E-state index < -0.39 is 5.97 Å². The van der Waals surface area contributed by atoms with Crippen LogP contribution in [0.15, 0.2) is 54.7 Å². The maximum absolute atomic E-state index is 14.0. The molecule has 0 bridgehead atoms. The summed E-state index contributed by atoms with van der Waals surface area (Å²) in [5, 5.41) is 1.94. The van der Waals surface area contributed by atoms with Gasteiger partial charge in [0.1, 0.15) is 18.1 Å². The molecular weight excluding hydrogens is 421 g/mol. The van der Waals surface area contributed by atoms with Crippen LogP contribution in [0.1, 0.15) is 21.6 Å². The SMILES string of the molecule is Cc1cc(F)cc(Cn2c3ccccc3c3cc(C(=O)OCCN4CCOCC4)ncc32)c1. The zero-order valence-electron chi connectivity index (χ0n) is 18.6. The van der Waals surface area contributed by atoms with E-state index in [4.69, 9.17) is 9.47 Å². The summed E-state index contributed by atoms with van der Waals surface area (Å²) in [5.41, 5.74) is 3.94. The van der Waals surface area contributed by atoms with Gasteiger partial charge in [0.2, 0.25) is 0 Å². The lowest BCUT2D eigenvalue weighted by Gasteiger charge is -2.26. The maximum Gasteiger partial charge on any atom is 0.356 e. The number of hydrogen-bond acceptors (Lipinski definition) is 5. The van der Waals surface area contributed by atoms with Crippen LogP contribution in [0.5, 0.6) is 0 Å². The van der Waals surface area contributed by atoms with Gasteiger partial charge in [0, 0.05) is 42.5 Å². The molecule has 170 valence electrons. The van der Waals surface area contributed by atoms with Crippen LogP contribution in [0.2, 0.25) is 0 Å². The van der Waals surface area contributed by atoms with E-state index in [1.54, 1.807) is 18.3 Å². The number of aryl methyl sites for hydroxylation is 1. The molecule has 0 N–H and O–H groups in total. The summed E-state index contributed by atoms with van der Waals surface area (Å²) in [6.45, 7) is 6.53. The Bertz CT molecular complexity index is 1290. The van der Waals surface area contributed by atoms with Crippen molar-refractivity contribution in [1.82, 2.24) is 14.5 Å². The van der Waals surface area contributed by atoms with Crippen LogP contribution in [0.3, 0.4) is 0 Å². The van der Waals surface area contributed by atoms with E-state index in [1.165, 1.54) is 6.07 Å². The Labute approximate surface area is 191 Å². The third kappa shape index (κ3) is 4.60. The molecule has 2 aromatic heterocycles. The topological polar surface area (TPSA) is 56.6 Å². The third-order valence-electron chi connectivity index (χ3n) is 6.05. The highest BCUT2D eigenvalue weighted by Crippen LogP contribution is 2.30. The number of fused-ring (bicyclic) bond motifs is 3. The zero-order valence-corrected chi connectivity index (χ0v) is 18.6. The number of esters is 1. The van der Waals surface area contributed by atoms with Gasteiger partial charge in [-0.2, -0.15) is 0 Å². The molecule has 2 aromatic carbocycles. The summed E-state index contributed by atoms with van der Waals surface area (Å²) in [6.07, 6.45) is 1.71. The van der Waals surface area contributed by atoms with Gasteiger partial charge < -0.3 is 14.0 Å². The van der Waals surface area contributed by atoms with E-state index in [0.717, 1.165) is 46.0 Å². The predicted molar refractivity (Wildman–Crippen MR) is 125 cm³/mol. The van der Waals surface area contributed by atoms with Crippen LogP contribution in [-0.4, -0.2) is 59.9 Å². The molecule has 1 aliphatic rings. The molecule has 0 aliphatic carbocycles. The Morgan fingerprint density at radius 3 is 2.73 bits per heavy atom. The van der Waals surface area contributed by atoms with E-state index in [2.05, 4.69) is 14.5 Å². The monoisotopic (exact) mass is 447 g/mol. The van der Waals surface area contributed by atoms with Crippen LogP contribution in [0, 0.1) is 12.7 Å². The molecule has 1 saturated heterocycles. The van der Waals surface area contributed by atoms with Gasteiger partial charge in [-0.15, -0.1) is 0 Å². The van der Waals surface area contributed by atoms with E-state index in [0.29, 0.717) is 32.9 Å². The molecule has 0 radical (unpaired) electrons. The fraction of sp³-hybridized carbons (Fsp3) is 0.308. The van der Waals surface area contributed by atoms with Crippen molar-refractivity contribution in [1.29, 1.82) is 0 Å². The van der Waals surface area contributed by atoms with Crippen molar-refractivity contribution in [2.45, 2.75) is 13.5 Å². The molecule has 33 heavy (non-hydrogen) atoms. The third-order valence-corrected chi connectivity index (χ3v) is 6.05. The van der Waals surface area contributed by atoms with Crippen molar-refractivity contribution in [3.05, 3.63) is 77.4 Å². The van der Waals surface area contributed by atoms with Crippen LogP contribution in [-0.2, 0) is 16.0 Å². The smallest absolute Gasteiger partial charge is 0.356 e. The fourth-order valence-electron chi connectivity index (χ4n) is 4.48. The first-order valence-electron chi connectivity index (χ1n) is 11.2. The summed E-state index contributed by atoms with van der Waals surface area (Å²) >= 11 is 0. The normalized spacial score (nSPS) is 14.7. The Morgan fingerprint density at radius 2 is 1.91 bits per heavy atom. The first-order chi connectivity index (χ1) is 16.1. The van der Waals surface area contributed by atoms with Gasteiger partial charge in [-0.3, -0.25) is 4.90 Å². The predicted octanol–water partition coefficient (Wildman–Crippen LogP) is 4.17. The van der Waals surface area contributed by atoms with Gasteiger partial charge in [-0.25, -0.2) is 14.2 Å². The number of hydrogen-bond donors (Lipinski definition) is 0.